The highest BCUT2D eigenvalue weighted by Gasteiger charge is 2.17. The van der Waals surface area contributed by atoms with Crippen molar-refractivity contribution in [3.63, 3.8) is 0 Å². The maximum Gasteiger partial charge on any atom is 0.175 e. The van der Waals surface area contributed by atoms with Crippen LogP contribution in [0, 0.1) is 6.92 Å². The van der Waals surface area contributed by atoms with Gasteiger partial charge in [-0.2, -0.15) is 12.6 Å². The molecule has 6 heteroatoms. The molecule has 0 radical (unpaired) electrons. The molecule has 1 aliphatic rings. The molecule has 0 aliphatic carbocycles. The van der Waals surface area contributed by atoms with Gasteiger partial charge in [-0.25, -0.2) is 0 Å². The molecule has 0 bridgehead atoms. The van der Waals surface area contributed by atoms with E-state index >= 15 is 0 Å². The number of hydrogen-bond acceptors (Lipinski definition) is 6. The molecule has 0 atom stereocenters. The highest BCUT2D eigenvalue weighted by molar-refractivity contribution is 7.83. The van der Waals surface area contributed by atoms with E-state index in [9.17, 15) is 0 Å². The normalized spacial score (nSPS) is 18.0. The van der Waals surface area contributed by atoms with Gasteiger partial charge in [-0.3, -0.25) is 4.90 Å². The van der Waals surface area contributed by atoms with Crippen molar-refractivity contribution < 1.29 is 14.9 Å². The number of aryl methyl sites for hydroxylation is 1. The largest absolute Gasteiger partial charge is 0.372 e. The standard InChI is InChI=1S/C28H41NO3S2.C2H6/c1-4-6-8-23(14-18-33)9-7-10-26-19-22(3)27(34-26)20-29-15-11-24(5-2)25(12-16-29)13-17-32-21-28(30)31;1-2/h5,7,9-10,13-14,18-19,28,30-31,33H,4,6,8,11-12,15-17,20-21H2,1-3H3;1-2H3/b10-7+,18-14-,23-9-,24-5-,25-13-;. The van der Waals surface area contributed by atoms with Crippen LogP contribution in [-0.2, 0) is 11.3 Å². The van der Waals surface area contributed by atoms with Crippen LogP contribution in [0.5, 0.6) is 0 Å². The van der Waals surface area contributed by atoms with E-state index in [1.165, 1.54) is 44.9 Å². The van der Waals surface area contributed by atoms with Crippen molar-refractivity contribution in [1.82, 2.24) is 4.90 Å². The smallest absolute Gasteiger partial charge is 0.175 e. The lowest BCUT2D eigenvalue weighted by Crippen LogP contribution is -2.23. The van der Waals surface area contributed by atoms with Gasteiger partial charge in [0.05, 0.1) is 13.2 Å². The fourth-order valence-electron chi connectivity index (χ4n) is 4.00. The lowest BCUT2D eigenvalue weighted by atomic mass is 10.0. The Bertz CT molecular complexity index is 894. The molecule has 1 aromatic rings. The summed E-state index contributed by atoms with van der Waals surface area (Å²) in [7, 11) is 0. The van der Waals surface area contributed by atoms with Crippen molar-refractivity contribution in [2.24, 2.45) is 0 Å². The second-order valence-corrected chi connectivity index (χ2v) is 10.1. The monoisotopic (exact) mass is 533 g/mol. The van der Waals surface area contributed by atoms with Crippen LogP contribution in [0.1, 0.15) is 75.1 Å². The summed E-state index contributed by atoms with van der Waals surface area (Å²) in [4.78, 5) is 5.26. The maximum absolute atomic E-state index is 8.94. The molecule has 1 aromatic heterocycles. The van der Waals surface area contributed by atoms with Crippen LogP contribution < -0.4 is 0 Å². The maximum atomic E-state index is 8.94. The Morgan fingerprint density at radius 1 is 1.22 bits per heavy atom. The number of nitrogens with zero attached hydrogens (tertiary/aromatic N) is 1. The Labute approximate surface area is 229 Å². The van der Waals surface area contributed by atoms with Gasteiger partial charge in [-0.15, -0.1) is 11.3 Å². The first-order valence-electron chi connectivity index (χ1n) is 13.2. The van der Waals surface area contributed by atoms with Crippen molar-refractivity contribution in [2.75, 3.05) is 26.3 Å². The van der Waals surface area contributed by atoms with Crippen molar-refractivity contribution >= 4 is 30.0 Å². The SMILES string of the molecule is C/C=C1/CCN(Cc2sc(/C=C/C=C(\C=C/S)CCCC)cc2C)CC/C1=C/COCC(O)O.CC. The molecular weight excluding hydrogens is 486 g/mol. The van der Waals surface area contributed by atoms with E-state index in [1.807, 2.05) is 30.6 Å². The molecule has 0 amide bonds. The van der Waals surface area contributed by atoms with Crippen LogP contribution in [-0.4, -0.2) is 47.7 Å². The molecule has 1 aliphatic heterocycles. The predicted octanol–water partition coefficient (Wildman–Crippen LogP) is 7.45. The molecule has 2 rings (SSSR count). The molecule has 202 valence electrons. The summed E-state index contributed by atoms with van der Waals surface area (Å²) in [6.45, 7) is 13.9. The van der Waals surface area contributed by atoms with Gasteiger partial charge in [0.25, 0.3) is 0 Å². The summed E-state index contributed by atoms with van der Waals surface area (Å²) >= 11 is 6.11. The van der Waals surface area contributed by atoms with E-state index in [2.05, 4.69) is 80.8 Å². The molecule has 2 N–H and O–H groups in total. The summed E-state index contributed by atoms with van der Waals surface area (Å²) in [6, 6.07) is 2.29. The number of unbranched alkanes of at least 4 members (excludes halogenated alkanes) is 1. The van der Waals surface area contributed by atoms with Gasteiger partial charge in [0.1, 0.15) is 0 Å². The van der Waals surface area contributed by atoms with Crippen LogP contribution in [0.25, 0.3) is 6.08 Å². The van der Waals surface area contributed by atoms with Crippen LogP contribution in [0.4, 0.5) is 0 Å². The molecule has 2 heterocycles. The second-order valence-electron chi connectivity index (χ2n) is 8.61. The molecular formula is C30H47NO3S2. The fourth-order valence-corrected chi connectivity index (χ4v) is 5.32. The number of thiophene rings is 1. The number of aliphatic hydroxyl groups excluding tert-OH is 1. The molecule has 36 heavy (non-hydrogen) atoms. The highest BCUT2D eigenvalue weighted by atomic mass is 32.1. The summed E-state index contributed by atoms with van der Waals surface area (Å²) in [5.41, 5.74) is 5.35. The highest BCUT2D eigenvalue weighted by Crippen LogP contribution is 2.28. The summed E-state index contributed by atoms with van der Waals surface area (Å²) in [6.07, 6.45) is 17.0. The van der Waals surface area contributed by atoms with Crippen LogP contribution in [0.15, 0.2) is 58.6 Å². The number of likely N-dealkylation sites (tertiary alicyclic amines) is 1. The number of ether oxygens (including phenoxy) is 1. The summed E-state index contributed by atoms with van der Waals surface area (Å²) < 4.78 is 5.32. The molecule has 1 fully saturated rings. The van der Waals surface area contributed by atoms with E-state index in [-0.39, 0.29) is 6.61 Å². The Morgan fingerprint density at radius 3 is 2.58 bits per heavy atom. The quantitative estimate of drug-likeness (QED) is 0.113. The van der Waals surface area contributed by atoms with Crippen molar-refractivity contribution in [1.29, 1.82) is 0 Å². The third-order valence-electron chi connectivity index (χ3n) is 5.96. The third-order valence-corrected chi connectivity index (χ3v) is 7.29. The zero-order valence-corrected chi connectivity index (χ0v) is 24.6. The zero-order chi connectivity index (χ0) is 26.8. The van der Waals surface area contributed by atoms with Crippen LogP contribution in [0.2, 0.25) is 0 Å². The average molecular weight is 534 g/mol. The molecule has 0 aromatic carbocycles. The van der Waals surface area contributed by atoms with E-state index in [4.69, 9.17) is 14.9 Å². The third kappa shape index (κ3) is 12.7. The van der Waals surface area contributed by atoms with Crippen molar-refractivity contribution in [3.8, 4) is 0 Å². The van der Waals surface area contributed by atoms with E-state index in [0.717, 1.165) is 38.9 Å². The zero-order valence-electron chi connectivity index (χ0n) is 22.9. The van der Waals surface area contributed by atoms with Gasteiger partial charge >= 0.3 is 0 Å². The summed E-state index contributed by atoms with van der Waals surface area (Å²) in [5.74, 6) is 0. The van der Waals surface area contributed by atoms with Gasteiger partial charge in [0.2, 0.25) is 0 Å². The van der Waals surface area contributed by atoms with Gasteiger partial charge in [0, 0.05) is 29.4 Å². The van der Waals surface area contributed by atoms with E-state index < -0.39 is 6.29 Å². The minimum Gasteiger partial charge on any atom is -0.372 e. The van der Waals surface area contributed by atoms with Gasteiger partial charge in [-0.05, 0) is 79.4 Å². The van der Waals surface area contributed by atoms with Gasteiger partial charge in [0.15, 0.2) is 6.29 Å². The molecule has 1 saturated heterocycles. The Morgan fingerprint density at radius 2 is 1.94 bits per heavy atom. The molecule has 4 nitrogen and oxygen atoms in total. The first-order valence-corrected chi connectivity index (χ1v) is 14.6. The molecule has 0 saturated carbocycles. The van der Waals surface area contributed by atoms with E-state index in [1.54, 1.807) is 0 Å². The van der Waals surface area contributed by atoms with Crippen molar-refractivity contribution in [2.45, 2.75) is 79.6 Å². The number of rotatable bonds is 12. The van der Waals surface area contributed by atoms with Gasteiger partial charge in [-0.1, -0.05) is 57.6 Å². The van der Waals surface area contributed by atoms with Crippen LogP contribution in [0.3, 0.4) is 0 Å². The van der Waals surface area contributed by atoms with Gasteiger partial charge < -0.3 is 14.9 Å². The second kappa shape index (κ2) is 19.7. The van der Waals surface area contributed by atoms with Crippen molar-refractivity contribution in [3.05, 3.63) is 73.9 Å². The number of thiol groups is 1. The number of allylic oxidation sites excluding steroid dienone is 5. The Balaban J connectivity index is 0.00000316. The first-order chi connectivity index (χ1) is 17.5. The Kier molecular flexibility index (Phi) is 17.8. The Hall–Kier alpha value is -1.41. The molecule has 0 spiro atoms. The van der Waals surface area contributed by atoms with Crippen LogP contribution >= 0.6 is 24.0 Å². The average Bonchev–Trinajstić information content (AvgIpc) is 3.09. The minimum atomic E-state index is -1.41. The van der Waals surface area contributed by atoms with E-state index in [0.29, 0.717) is 6.61 Å². The molecule has 0 unspecified atom stereocenters. The fraction of sp³-hybridized carbons (Fsp3) is 0.533. The number of hydrogen-bond donors (Lipinski definition) is 3. The lowest BCUT2D eigenvalue weighted by Gasteiger charge is -2.19. The topological polar surface area (TPSA) is 52.9 Å². The number of aliphatic hydroxyl groups is 2. The predicted molar refractivity (Wildman–Crippen MR) is 161 cm³/mol. The lowest BCUT2D eigenvalue weighted by molar-refractivity contribution is -0.0904. The minimum absolute atomic E-state index is 0.0583. The first kappa shape index (κ1) is 32.6. The summed E-state index contributed by atoms with van der Waals surface area (Å²) in [5, 5.41) is 19.7.